The van der Waals surface area contributed by atoms with E-state index in [4.69, 9.17) is 4.74 Å². The van der Waals surface area contributed by atoms with Gasteiger partial charge in [-0.3, -0.25) is 19.5 Å². The van der Waals surface area contributed by atoms with E-state index in [2.05, 4.69) is 9.97 Å². The smallest absolute Gasteiger partial charge is 0.313 e. The lowest BCUT2D eigenvalue weighted by Gasteiger charge is -2.13. The van der Waals surface area contributed by atoms with E-state index in [1.807, 2.05) is 35.8 Å². The van der Waals surface area contributed by atoms with Crippen LogP contribution in [-0.4, -0.2) is 32.0 Å². The Hall–Kier alpha value is -3.29. The maximum absolute atomic E-state index is 12.0. The third-order valence-electron chi connectivity index (χ3n) is 4.78. The van der Waals surface area contributed by atoms with E-state index in [0.29, 0.717) is 29.8 Å². The molecule has 28 heavy (non-hydrogen) atoms. The van der Waals surface area contributed by atoms with Crippen molar-refractivity contribution in [3.05, 3.63) is 57.5 Å². The van der Waals surface area contributed by atoms with Crippen molar-refractivity contribution in [2.45, 2.75) is 40.0 Å². The fourth-order valence-electron chi connectivity index (χ4n) is 3.18. The summed E-state index contributed by atoms with van der Waals surface area (Å²) in [6.07, 6.45) is 1.91. The molecule has 0 radical (unpaired) electrons. The van der Waals surface area contributed by atoms with Gasteiger partial charge in [0, 0.05) is 12.1 Å². The monoisotopic (exact) mass is 382 g/mol. The van der Waals surface area contributed by atoms with Crippen LogP contribution in [0.15, 0.2) is 30.5 Å². The summed E-state index contributed by atoms with van der Waals surface area (Å²) in [5.74, 6) is 0.140. The molecule has 0 aliphatic rings. The summed E-state index contributed by atoms with van der Waals surface area (Å²) in [4.78, 5) is 31.6. The average Bonchev–Trinajstić information content (AvgIpc) is 3.07. The molecule has 0 bridgehead atoms. The maximum atomic E-state index is 12.0. The van der Waals surface area contributed by atoms with Crippen molar-refractivity contribution in [2.24, 2.45) is 0 Å². The average molecular weight is 382 g/mol. The van der Waals surface area contributed by atoms with Gasteiger partial charge in [-0.1, -0.05) is 19.1 Å². The van der Waals surface area contributed by atoms with Crippen LogP contribution in [0, 0.1) is 17.0 Å². The van der Waals surface area contributed by atoms with E-state index < -0.39 is 4.92 Å². The largest absolute Gasteiger partial charge is 0.466 e. The summed E-state index contributed by atoms with van der Waals surface area (Å²) >= 11 is 0. The highest BCUT2D eigenvalue weighted by atomic mass is 16.6. The highest BCUT2D eigenvalue weighted by Gasteiger charge is 2.21. The van der Waals surface area contributed by atoms with Gasteiger partial charge in [0.05, 0.1) is 23.0 Å². The van der Waals surface area contributed by atoms with Crippen molar-refractivity contribution in [1.82, 2.24) is 14.5 Å². The molecule has 0 saturated carbocycles. The van der Waals surface area contributed by atoms with E-state index in [1.54, 1.807) is 20.8 Å². The second kappa shape index (κ2) is 7.75. The zero-order valence-electron chi connectivity index (χ0n) is 16.3. The Balaban J connectivity index is 2.07. The van der Waals surface area contributed by atoms with Gasteiger partial charge in [-0.2, -0.15) is 0 Å². The van der Waals surface area contributed by atoms with E-state index in [1.165, 1.54) is 6.20 Å². The molecule has 0 aliphatic carbocycles. The molecule has 0 amide bonds. The summed E-state index contributed by atoms with van der Waals surface area (Å²) < 4.78 is 6.97. The quantitative estimate of drug-likeness (QED) is 0.364. The summed E-state index contributed by atoms with van der Waals surface area (Å²) in [7, 11) is 0. The number of benzene rings is 1. The van der Waals surface area contributed by atoms with Crippen LogP contribution in [0.4, 0.5) is 5.69 Å². The van der Waals surface area contributed by atoms with Crippen molar-refractivity contribution < 1.29 is 14.5 Å². The summed E-state index contributed by atoms with van der Waals surface area (Å²) in [5, 5.41) is 11.2. The topological polar surface area (TPSA) is 100 Å². The third-order valence-corrected chi connectivity index (χ3v) is 4.78. The standard InChI is InChI=1S/C20H22N4O4/c1-5-17-22-18-13(4)16(24(26)27)11-21-19(18)23(17)15-9-7-14(8-10-15)12(3)20(25)28-6-2/h7-12H,5-6H2,1-4H3. The molecule has 0 saturated heterocycles. The number of imidazole rings is 1. The Labute approximate surface area is 162 Å². The number of rotatable bonds is 6. The Morgan fingerprint density at radius 2 is 1.96 bits per heavy atom. The molecule has 1 atom stereocenters. The van der Waals surface area contributed by atoms with Crippen molar-refractivity contribution in [3.63, 3.8) is 0 Å². The fraction of sp³-hybridized carbons (Fsp3) is 0.350. The van der Waals surface area contributed by atoms with Gasteiger partial charge in [-0.25, -0.2) is 9.97 Å². The molecule has 0 N–H and O–H groups in total. The first kappa shape index (κ1) is 19.5. The minimum Gasteiger partial charge on any atom is -0.466 e. The number of carbonyl (C=O) groups excluding carboxylic acids is 1. The molecule has 1 unspecified atom stereocenters. The van der Waals surface area contributed by atoms with Gasteiger partial charge >= 0.3 is 5.97 Å². The van der Waals surface area contributed by atoms with Crippen LogP contribution in [0.5, 0.6) is 0 Å². The van der Waals surface area contributed by atoms with Crippen molar-refractivity contribution in [1.29, 1.82) is 0 Å². The lowest BCUT2D eigenvalue weighted by atomic mass is 10.0. The van der Waals surface area contributed by atoms with E-state index in [0.717, 1.165) is 17.1 Å². The fourth-order valence-corrected chi connectivity index (χ4v) is 3.18. The zero-order valence-corrected chi connectivity index (χ0v) is 16.3. The lowest BCUT2D eigenvalue weighted by molar-refractivity contribution is -0.385. The van der Waals surface area contributed by atoms with Crippen LogP contribution >= 0.6 is 0 Å². The third kappa shape index (κ3) is 3.33. The van der Waals surface area contributed by atoms with Crippen molar-refractivity contribution in [2.75, 3.05) is 6.61 Å². The molecule has 8 heteroatoms. The van der Waals surface area contributed by atoms with Crippen LogP contribution in [0.2, 0.25) is 0 Å². The first-order chi connectivity index (χ1) is 13.4. The number of fused-ring (bicyclic) bond motifs is 1. The van der Waals surface area contributed by atoms with Crippen LogP contribution < -0.4 is 0 Å². The highest BCUT2D eigenvalue weighted by molar-refractivity contribution is 5.81. The van der Waals surface area contributed by atoms with E-state index in [9.17, 15) is 14.9 Å². The van der Waals surface area contributed by atoms with Crippen LogP contribution in [0.3, 0.4) is 0 Å². The molecular formula is C20H22N4O4. The second-order valence-corrected chi connectivity index (χ2v) is 6.48. The molecule has 2 heterocycles. The molecular weight excluding hydrogens is 360 g/mol. The molecule has 8 nitrogen and oxygen atoms in total. The van der Waals surface area contributed by atoms with E-state index >= 15 is 0 Å². The number of hydrogen-bond acceptors (Lipinski definition) is 6. The minimum atomic E-state index is -0.446. The summed E-state index contributed by atoms with van der Waals surface area (Å²) in [6.45, 7) is 7.59. The molecule has 0 aliphatic heterocycles. The molecule has 3 rings (SSSR count). The Kier molecular flexibility index (Phi) is 5.39. The summed E-state index contributed by atoms with van der Waals surface area (Å²) in [5.41, 5.74) is 3.24. The number of aromatic nitrogens is 3. The van der Waals surface area contributed by atoms with Gasteiger partial charge in [-0.05, 0) is 38.5 Å². The number of nitro groups is 1. The van der Waals surface area contributed by atoms with Gasteiger partial charge in [0.1, 0.15) is 17.5 Å². The number of pyridine rings is 1. The van der Waals surface area contributed by atoms with Crippen LogP contribution in [0.1, 0.15) is 43.6 Å². The Morgan fingerprint density at radius 3 is 2.54 bits per heavy atom. The first-order valence-corrected chi connectivity index (χ1v) is 9.17. The maximum Gasteiger partial charge on any atom is 0.313 e. The van der Waals surface area contributed by atoms with Gasteiger partial charge in [-0.15, -0.1) is 0 Å². The molecule has 2 aromatic heterocycles. The lowest BCUT2D eigenvalue weighted by Crippen LogP contribution is -2.13. The Bertz CT molecular complexity index is 1040. The number of nitrogens with zero attached hydrogens (tertiary/aromatic N) is 4. The second-order valence-electron chi connectivity index (χ2n) is 6.48. The molecule has 0 spiro atoms. The number of aryl methyl sites for hydroxylation is 2. The molecule has 146 valence electrons. The summed E-state index contributed by atoms with van der Waals surface area (Å²) in [6, 6.07) is 7.54. The highest BCUT2D eigenvalue weighted by Crippen LogP contribution is 2.28. The first-order valence-electron chi connectivity index (χ1n) is 9.17. The van der Waals surface area contributed by atoms with Gasteiger partial charge in [0.25, 0.3) is 5.69 Å². The van der Waals surface area contributed by atoms with Gasteiger partial charge in [0.2, 0.25) is 0 Å². The van der Waals surface area contributed by atoms with Crippen molar-refractivity contribution >= 4 is 22.8 Å². The van der Waals surface area contributed by atoms with Crippen LogP contribution in [0.25, 0.3) is 16.9 Å². The predicted octanol–water partition coefficient (Wildman–Crippen LogP) is 3.87. The van der Waals surface area contributed by atoms with Crippen LogP contribution in [-0.2, 0) is 16.0 Å². The number of hydrogen-bond donors (Lipinski definition) is 0. The molecule has 1 aromatic carbocycles. The normalized spacial score (nSPS) is 12.1. The SMILES string of the molecule is CCOC(=O)C(C)c1ccc(-n2c(CC)nc3c(C)c([N+](=O)[O-])cnc32)cc1. The predicted molar refractivity (Wildman–Crippen MR) is 105 cm³/mol. The van der Waals surface area contributed by atoms with E-state index in [-0.39, 0.29) is 17.6 Å². The molecule has 0 fully saturated rings. The van der Waals surface area contributed by atoms with Gasteiger partial charge < -0.3 is 4.74 Å². The molecule has 3 aromatic rings. The minimum absolute atomic E-state index is 0.0431. The zero-order chi connectivity index (χ0) is 20.4. The van der Waals surface area contributed by atoms with Gasteiger partial charge in [0.15, 0.2) is 5.65 Å². The number of esters is 1. The number of carbonyl (C=O) groups is 1. The number of ether oxygens (including phenoxy) is 1. The Morgan fingerprint density at radius 1 is 1.29 bits per heavy atom. The van der Waals surface area contributed by atoms with Crippen molar-refractivity contribution in [3.8, 4) is 5.69 Å².